The fourth-order valence-electron chi connectivity index (χ4n) is 1.81. The summed E-state index contributed by atoms with van der Waals surface area (Å²) < 4.78 is 0.753. The molecule has 5 heteroatoms. The van der Waals surface area contributed by atoms with Gasteiger partial charge in [-0.05, 0) is 42.2 Å². The number of rotatable bonds is 2. The molecule has 0 aromatic heterocycles. The number of nitrogens with zero attached hydrogens (tertiary/aromatic N) is 2. The Labute approximate surface area is 114 Å². The molecular weight excluding hydrogens is 304 g/mol. The molecule has 1 aromatic carbocycles. The molecule has 3 nitrogen and oxygen atoms in total. The summed E-state index contributed by atoms with van der Waals surface area (Å²) in [5, 5.41) is 0.498. The van der Waals surface area contributed by atoms with Crippen molar-refractivity contribution in [2.45, 2.75) is 6.04 Å². The molecule has 1 heterocycles. The Kier molecular flexibility index (Phi) is 3.76. The average molecular weight is 318 g/mol. The fraction of sp³-hybridized carbons (Fsp3) is 0.417. The van der Waals surface area contributed by atoms with E-state index >= 15 is 0 Å². The number of halogens is 2. The van der Waals surface area contributed by atoms with Gasteiger partial charge in [0.05, 0.1) is 10.6 Å². The zero-order chi connectivity index (χ0) is 12.6. The standard InChI is InChI=1S/C12H14BrClN2O/c1-15(2)8-6-16(7-8)12(17)11-9(13)4-3-5-10(11)14/h3-5,8H,6-7H2,1-2H3. The highest BCUT2D eigenvalue weighted by molar-refractivity contribution is 9.10. The molecule has 0 radical (unpaired) electrons. The van der Waals surface area contributed by atoms with Crippen molar-refractivity contribution in [2.24, 2.45) is 0 Å². The van der Waals surface area contributed by atoms with Crippen molar-refractivity contribution in [2.75, 3.05) is 27.2 Å². The van der Waals surface area contributed by atoms with Gasteiger partial charge >= 0.3 is 0 Å². The van der Waals surface area contributed by atoms with E-state index < -0.39 is 0 Å². The summed E-state index contributed by atoms with van der Waals surface area (Å²) in [5.74, 6) is 0.000532. The molecule has 92 valence electrons. The summed E-state index contributed by atoms with van der Waals surface area (Å²) in [6.07, 6.45) is 0. The maximum Gasteiger partial charge on any atom is 0.256 e. The molecule has 0 spiro atoms. The maximum atomic E-state index is 12.2. The summed E-state index contributed by atoms with van der Waals surface area (Å²) in [4.78, 5) is 16.2. The van der Waals surface area contributed by atoms with Crippen LogP contribution in [-0.2, 0) is 0 Å². The monoisotopic (exact) mass is 316 g/mol. The van der Waals surface area contributed by atoms with E-state index in [1.54, 1.807) is 6.07 Å². The molecule has 0 saturated carbocycles. The van der Waals surface area contributed by atoms with Gasteiger partial charge in [0, 0.05) is 23.6 Å². The zero-order valence-electron chi connectivity index (χ0n) is 9.78. The lowest BCUT2D eigenvalue weighted by molar-refractivity contribution is 0.0398. The number of hydrogen-bond acceptors (Lipinski definition) is 2. The van der Waals surface area contributed by atoms with Crippen LogP contribution >= 0.6 is 27.5 Å². The van der Waals surface area contributed by atoms with E-state index in [9.17, 15) is 4.79 Å². The first kappa shape index (κ1) is 12.9. The van der Waals surface area contributed by atoms with Crippen LogP contribution in [0.25, 0.3) is 0 Å². The van der Waals surface area contributed by atoms with Gasteiger partial charge in [-0.3, -0.25) is 4.79 Å². The number of likely N-dealkylation sites (N-methyl/N-ethyl adjacent to an activating group) is 1. The molecule has 0 N–H and O–H groups in total. The first-order valence-corrected chi connectivity index (χ1v) is 6.57. The van der Waals surface area contributed by atoms with Crippen molar-refractivity contribution < 1.29 is 4.79 Å². The van der Waals surface area contributed by atoms with Gasteiger partial charge < -0.3 is 9.80 Å². The Hall–Kier alpha value is -0.580. The van der Waals surface area contributed by atoms with E-state index in [0.29, 0.717) is 16.6 Å². The number of carbonyl (C=O) groups is 1. The van der Waals surface area contributed by atoms with Crippen molar-refractivity contribution in [3.8, 4) is 0 Å². The average Bonchev–Trinajstić information content (AvgIpc) is 2.13. The van der Waals surface area contributed by atoms with Gasteiger partial charge in [0.1, 0.15) is 0 Å². The van der Waals surface area contributed by atoms with Crippen LogP contribution in [0.2, 0.25) is 5.02 Å². The van der Waals surface area contributed by atoms with Crippen LogP contribution < -0.4 is 0 Å². The smallest absolute Gasteiger partial charge is 0.256 e. The number of likely N-dealkylation sites (tertiary alicyclic amines) is 1. The SMILES string of the molecule is CN(C)C1CN(C(=O)c2c(Cl)cccc2Br)C1. The molecular formula is C12H14BrClN2O. The number of amides is 1. The fourth-order valence-corrected chi connectivity index (χ4v) is 2.71. The topological polar surface area (TPSA) is 23.6 Å². The third-order valence-corrected chi connectivity index (χ3v) is 4.03. The molecule has 0 unspecified atom stereocenters. The van der Waals surface area contributed by atoms with E-state index in [1.807, 2.05) is 31.1 Å². The van der Waals surface area contributed by atoms with Crippen molar-refractivity contribution in [1.82, 2.24) is 9.80 Å². The Morgan fingerprint density at radius 2 is 2.12 bits per heavy atom. The Morgan fingerprint density at radius 1 is 1.47 bits per heavy atom. The molecule has 1 aliphatic rings. The molecule has 0 atom stereocenters. The summed E-state index contributed by atoms with van der Waals surface area (Å²) >= 11 is 9.43. The van der Waals surface area contributed by atoms with Crippen LogP contribution in [0.3, 0.4) is 0 Å². The van der Waals surface area contributed by atoms with Crippen molar-refractivity contribution in [1.29, 1.82) is 0 Å². The predicted molar refractivity (Wildman–Crippen MR) is 72.5 cm³/mol. The predicted octanol–water partition coefficient (Wildman–Crippen LogP) is 2.49. The molecule has 1 amide bonds. The van der Waals surface area contributed by atoms with Crippen LogP contribution in [0.15, 0.2) is 22.7 Å². The van der Waals surface area contributed by atoms with Gasteiger partial charge in [0.2, 0.25) is 0 Å². The summed E-state index contributed by atoms with van der Waals surface area (Å²) in [5.41, 5.74) is 0.561. The maximum absolute atomic E-state index is 12.2. The van der Waals surface area contributed by atoms with Crippen LogP contribution in [0.5, 0.6) is 0 Å². The molecule has 0 aliphatic carbocycles. The molecule has 0 bridgehead atoms. The van der Waals surface area contributed by atoms with E-state index in [1.165, 1.54) is 0 Å². The lowest BCUT2D eigenvalue weighted by Gasteiger charge is -2.42. The Balaban J connectivity index is 2.12. The van der Waals surface area contributed by atoms with Gasteiger partial charge in [-0.2, -0.15) is 0 Å². The Morgan fingerprint density at radius 3 is 2.65 bits per heavy atom. The molecule has 17 heavy (non-hydrogen) atoms. The largest absolute Gasteiger partial charge is 0.335 e. The van der Waals surface area contributed by atoms with E-state index in [4.69, 9.17) is 11.6 Å². The quantitative estimate of drug-likeness (QED) is 0.837. The zero-order valence-corrected chi connectivity index (χ0v) is 12.1. The lowest BCUT2D eigenvalue weighted by atomic mass is 10.1. The van der Waals surface area contributed by atoms with Crippen LogP contribution in [0.1, 0.15) is 10.4 Å². The molecule has 2 rings (SSSR count). The van der Waals surface area contributed by atoms with Crippen molar-refractivity contribution in [3.63, 3.8) is 0 Å². The molecule has 1 aromatic rings. The highest BCUT2D eigenvalue weighted by Crippen LogP contribution is 2.28. The van der Waals surface area contributed by atoms with Crippen LogP contribution in [0, 0.1) is 0 Å². The van der Waals surface area contributed by atoms with Crippen molar-refractivity contribution >= 4 is 33.4 Å². The van der Waals surface area contributed by atoms with Crippen LogP contribution in [-0.4, -0.2) is 48.9 Å². The summed E-state index contributed by atoms with van der Waals surface area (Å²) in [7, 11) is 4.05. The van der Waals surface area contributed by atoms with Gasteiger partial charge in [-0.1, -0.05) is 17.7 Å². The van der Waals surface area contributed by atoms with Crippen LogP contribution in [0.4, 0.5) is 0 Å². The summed E-state index contributed by atoms with van der Waals surface area (Å²) in [6, 6.07) is 5.85. The molecule has 1 saturated heterocycles. The number of carbonyl (C=O) groups excluding carboxylic acids is 1. The highest BCUT2D eigenvalue weighted by atomic mass is 79.9. The first-order valence-electron chi connectivity index (χ1n) is 5.40. The van der Waals surface area contributed by atoms with Crippen molar-refractivity contribution in [3.05, 3.63) is 33.3 Å². The normalized spacial score (nSPS) is 16.2. The minimum Gasteiger partial charge on any atom is -0.335 e. The summed E-state index contributed by atoms with van der Waals surface area (Å²) in [6.45, 7) is 1.53. The van der Waals surface area contributed by atoms with E-state index in [0.717, 1.165) is 17.6 Å². The molecule has 1 aliphatic heterocycles. The second-order valence-electron chi connectivity index (χ2n) is 4.42. The minimum absolute atomic E-state index is 0.000532. The third-order valence-electron chi connectivity index (χ3n) is 3.06. The highest BCUT2D eigenvalue weighted by Gasteiger charge is 2.33. The van der Waals surface area contributed by atoms with E-state index in [2.05, 4.69) is 20.8 Å². The third kappa shape index (κ3) is 2.49. The van der Waals surface area contributed by atoms with Gasteiger partial charge in [0.25, 0.3) is 5.91 Å². The van der Waals surface area contributed by atoms with Gasteiger partial charge in [0.15, 0.2) is 0 Å². The number of benzene rings is 1. The first-order chi connectivity index (χ1) is 8.00. The molecule has 1 fully saturated rings. The lowest BCUT2D eigenvalue weighted by Crippen LogP contribution is -2.59. The minimum atomic E-state index is 0.000532. The van der Waals surface area contributed by atoms with Gasteiger partial charge in [-0.15, -0.1) is 0 Å². The van der Waals surface area contributed by atoms with E-state index in [-0.39, 0.29) is 5.91 Å². The Bertz CT molecular complexity index is 424. The second-order valence-corrected chi connectivity index (χ2v) is 5.69. The number of hydrogen-bond donors (Lipinski definition) is 0. The van der Waals surface area contributed by atoms with Gasteiger partial charge in [-0.25, -0.2) is 0 Å². The second kappa shape index (κ2) is 4.96.